The van der Waals surface area contributed by atoms with E-state index in [1.54, 1.807) is 6.92 Å². The molecule has 0 bridgehead atoms. The number of nitrogens with zero attached hydrogens (tertiary/aromatic N) is 1. The molecular formula is C9H18FNO. The fourth-order valence-corrected chi connectivity index (χ4v) is 1.96. The molecule has 1 saturated heterocycles. The van der Waals surface area contributed by atoms with Crippen molar-refractivity contribution in [2.75, 3.05) is 19.8 Å². The summed E-state index contributed by atoms with van der Waals surface area (Å²) in [5.74, 6) is 0. The van der Waals surface area contributed by atoms with Crippen LogP contribution in [0.5, 0.6) is 0 Å². The van der Waals surface area contributed by atoms with E-state index in [4.69, 9.17) is 0 Å². The molecule has 72 valence electrons. The third-order valence-electron chi connectivity index (χ3n) is 2.48. The van der Waals surface area contributed by atoms with Crippen molar-refractivity contribution >= 4 is 0 Å². The maximum absolute atomic E-state index is 12.1. The predicted octanol–water partition coefficient (Wildman–Crippen LogP) is 1.19. The molecule has 1 rings (SSSR count). The van der Waals surface area contributed by atoms with Gasteiger partial charge in [-0.05, 0) is 32.7 Å². The lowest BCUT2D eigenvalue weighted by molar-refractivity contribution is 0.130. The van der Waals surface area contributed by atoms with Crippen molar-refractivity contribution in [1.29, 1.82) is 0 Å². The number of alkyl halides is 1. The van der Waals surface area contributed by atoms with E-state index in [-0.39, 0.29) is 12.8 Å². The molecular weight excluding hydrogens is 157 g/mol. The van der Waals surface area contributed by atoms with E-state index in [0.29, 0.717) is 12.6 Å². The van der Waals surface area contributed by atoms with Crippen molar-refractivity contribution in [3.05, 3.63) is 0 Å². The maximum Gasteiger partial charge on any atom is 0.102 e. The molecule has 0 spiro atoms. The number of likely N-dealkylation sites (tertiary alicyclic amines) is 1. The van der Waals surface area contributed by atoms with Crippen molar-refractivity contribution in [1.82, 2.24) is 4.90 Å². The van der Waals surface area contributed by atoms with Crippen LogP contribution in [-0.4, -0.2) is 41.9 Å². The SMILES string of the molecule is CC(O)CC1CCCN1CCF. The van der Waals surface area contributed by atoms with Crippen LogP contribution in [0, 0.1) is 0 Å². The number of hydrogen-bond donors (Lipinski definition) is 1. The van der Waals surface area contributed by atoms with Crippen LogP contribution >= 0.6 is 0 Å². The molecule has 0 aromatic heterocycles. The van der Waals surface area contributed by atoms with Crippen molar-refractivity contribution < 1.29 is 9.50 Å². The van der Waals surface area contributed by atoms with Gasteiger partial charge >= 0.3 is 0 Å². The van der Waals surface area contributed by atoms with Crippen LogP contribution in [0.1, 0.15) is 26.2 Å². The third kappa shape index (κ3) is 2.72. The van der Waals surface area contributed by atoms with Gasteiger partial charge in [-0.25, -0.2) is 4.39 Å². The Kier molecular flexibility index (Phi) is 3.95. The highest BCUT2D eigenvalue weighted by Gasteiger charge is 2.24. The Morgan fingerprint density at radius 2 is 2.42 bits per heavy atom. The average molecular weight is 175 g/mol. The van der Waals surface area contributed by atoms with Crippen LogP contribution in [0.4, 0.5) is 4.39 Å². The minimum absolute atomic E-state index is 0.254. The fourth-order valence-electron chi connectivity index (χ4n) is 1.96. The highest BCUT2D eigenvalue weighted by atomic mass is 19.1. The van der Waals surface area contributed by atoms with Crippen LogP contribution in [0.3, 0.4) is 0 Å². The summed E-state index contributed by atoms with van der Waals surface area (Å²) >= 11 is 0. The molecule has 0 saturated carbocycles. The highest BCUT2D eigenvalue weighted by Crippen LogP contribution is 2.20. The van der Waals surface area contributed by atoms with Crippen molar-refractivity contribution in [2.24, 2.45) is 0 Å². The van der Waals surface area contributed by atoms with Crippen molar-refractivity contribution in [3.8, 4) is 0 Å². The van der Waals surface area contributed by atoms with Gasteiger partial charge in [0.1, 0.15) is 6.67 Å². The Bertz CT molecular complexity index is 130. The quantitative estimate of drug-likeness (QED) is 0.693. The van der Waals surface area contributed by atoms with Crippen molar-refractivity contribution in [3.63, 3.8) is 0 Å². The highest BCUT2D eigenvalue weighted by molar-refractivity contribution is 4.80. The van der Waals surface area contributed by atoms with Crippen LogP contribution in [0.25, 0.3) is 0 Å². The molecule has 0 radical (unpaired) electrons. The molecule has 2 atom stereocenters. The van der Waals surface area contributed by atoms with Gasteiger partial charge in [0, 0.05) is 12.6 Å². The van der Waals surface area contributed by atoms with Crippen LogP contribution in [-0.2, 0) is 0 Å². The molecule has 0 amide bonds. The Balaban J connectivity index is 2.30. The molecule has 1 aliphatic rings. The standard InChI is InChI=1S/C9H18FNO/c1-8(12)7-9-3-2-5-11(9)6-4-10/h8-9,12H,2-7H2,1H3. The molecule has 1 aliphatic heterocycles. The van der Waals surface area contributed by atoms with E-state index < -0.39 is 0 Å². The Morgan fingerprint density at radius 1 is 1.67 bits per heavy atom. The Labute approximate surface area is 73.4 Å². The van der Waals surface area contributed by atoms with Gasteiger partial charge in [-0.2, -0.15) is 0 Å². The molecule has 0 aliphatic carbocycles. The van der Waals surface area contributed by atoms with Gasteiger partial charge in [-0.1, -0.05) is 0 Å². The first-order chi connectivity index (χ1) is 5.74. The van der Waals surface area contributed by atoms with Gasteiger partial charge < -0.3 is 5.11 Å². The molecule has 2 unspecified atom stereocenters. The zero-order valence-electron chi connectivity index (χ0n) is 7.67. The topological polar surface area (TPSA) is 23.5 Å². The lowest BCUT2D eigenvalue weighted by atomic mass is 10.1. The lowest BCUT2D eigenvalue weighted by Gasteiger charge is -2.23. The zero-order chi connectivity index (χ0) is 8.97. The van der Waals surface area contributed by atoms with E-state index in [1.807, 2.05) is 0 Å². The maximum atomic E-state index is 12.1. The number of hydrogen-bond acceptors (Lipinski definition) is 2. The zero-order valence-corrected chi connectivity index (χ0v) is 7.67. The molecule has 12 heavy (non-hydrogen) atoms. The summed E-state index contributed by atoms with van der Waals surface area (Å²) in [5, 5.41) is 9.18. The molecule has 0 aromatic rings. The Hall–Kier alpha value is -0.150. The third-order valence-corrected chi connectivity index (χ3v) is 2.48. The number of aliphatic hydroxyl groups is 1. The smallest absolute Gasteiger partial charge is 0.102 e. The summed E-state index contributed by atoms with van der Waals surface area (Å²) in [4.78, 5) is 2.15. The van der Waals surface area contributed by atoms with E-state index in [9.17, 15) is 9.50 Å². The van der Waals surface area contributed by atoms with Gasteiger partial charge in [0.25, 0.3) is 0 Å². The van der Waals surface area contributed by atoms with Gasteiger partial charge in [-0.15, -0.1) is 0 Å². The summed E-state index contributed by atoms with van der Waals surface area (Å²) in [6, 6.07) is 0.417. The summed E-state index contributed by atoms with van der Waals surface area (Å²) in [7, 11) is 0. The van der Waals surface area contributed by atoms with Gasteiger partial charge in [0.05, 0.1) is 6.10 Å². The van der Waals surface area contributed by atoms with Gasteiger partial charge in [-0.3, -0.25) is 4.90 Å². The molecule has 1 fully saturated rings. The lowest BCUT2D eigenvalue weighted by Crippen LogP contribution is -2.33. The molecule has 3 heteroatoms. The molecule has 0 aromatic carbocycles. The van der Waals surface area contributed by atoms with Crippen LogP contribution in [0.15, 0.2) is 0 Å². The first kappa shape index (κ1) is 9.93. The minimum atomic E-state index is -0.268. The van der Waals surface area contributed by atoms with Crippen molar-refractivity contribution in [2.45, 2.75) is 38.3 Å². The average Bonchev–Trinajstić information content (AvgIpc) is 2.37. The summed E-state index contributed by atoms with van der Waals surface area (Å²) < 4.78 is 12.1. The molecule has 2 nitrogen and oxygen atoms in total. The van der Waals surface area contributed by atoms with E-state index in [1.165, 1.54) is 0 Å². The Morgan fingerprint density at radius 3 is 3.00 bits per heavy atom. The number of rotatable bonds is 4. The summed E-state index contributed by atoms with van der Waals surface area (Å²) in [6.45, 7) is 3.07. The predicted molar refractivity (Wildman–Crippen MR) is 46.9 cm³/mol. The largest absolute Gasteiger partial charge is 0.393 e. The molecule has 1 N–H and O–H groups in total. The van der Waals surface area contributed by atoms with Crippen LogP contribution < -0.4 is 0 Å². The monoisotopic (exact) mass is 175 g/mol. The minimum Gasteiger partial charge on any atom is -0.393 e. The first-order valence-electron chi connectivity index (χ1n) is 4.72. The van der Waals surface area contributed by atoms with Crippen LogP contribution in [0.2, 0.25) is 0 Å². The van der Waals surface area contributed by atoms with Gasteiger partial charge in [0.2, 0.25) is 0 Å². The second-order valence-electron chi connectivity index (χ2n) is 3.61. The molecule has 1 heterocycles. The second kappa shape index (κ2) is 4.77. The number of aliphatic hydroxyl groups excluding tert-OH is 1. The van der Waals surface area contributed by atoms with E-state index in [0.717, 1.165) is 25.8 Å². The second-order valence-corrected chi connectivity index (χ2v) is 3.61. The van der Waals surface area contributed by atoms with E-state index >= 15 is 0 Å². The fraction of sp³-hybridized carbons (Fsp3) is 1.00. The normalized spacial score (nSPS) is 27.8. The van der Waals surface area contributed by atoms with E-state index in [2.05, 4.69) is 4.90 Å². The number of halogens is 1. The summed E-state index contributed by atoms with van der Waals surface area (Å²) in [5.41, 5.74) is 0. The van der Waals surface area contributed by atoms with Gasteiger partial charge in [0.15, 0.2) is 0 Å². The first-order valence-corrected chi connectivity index (χ1v) is 4.72. The summed E-state index contributed by atoms with van der Waals surface area (Å²) in [6.07, 6.45) is 2.80.